The lowest BCUT2D eigenvalue weighted by Gasteiger charge is -2.33. The molecular weight excluding hydrogens is 224 g/mol. The molecule has 2 rings (SSSR count). The van der Waals surface area contributed by atoms with Gasteiger partial charge in [0.15, 0.2) is 0 Å². The molecule has 5 heteroatoms. The van der Waals surface area contributed by atoms with E-state index in [0.717, 1.165) is 5.01 Å². The van der Waals surface area contributed by atoms with Crippen LogP contribution in [0.3, 0.4) is 0 Å². The predicted octanol–water partition coefficient (Wildman–Crippen LogP) is 1.29. The van der Waals surface area contributed by atoms with Crippen LogP contribution in [0.15, 0.2) is 5.38 Å². The van der Waals surface area contributed by atoms with E-state index in [2.05, 4.69) is 4.98 Å². The van der Waals surface area contributed by atoms with Gasteiger partial charge in [0.25, 0.3) is 5.91 Å². The van der Waals surface area contributed by atoms with Gasteiger partial charge in [-0.05, 0) is 19.3 Å². The Balaban J connectivity index is 2.06. The highest BCUT2D eigenvalue weighted by Gasteiger charge is 2.28. The van der Waals surface area contributed by atoms with Crippen molar-refractivity contribution in [1.82, 2.24) is 9.88 Å². The quantitative estimate of drug-likeness (QED) is 0.805. The lowest BCUT2D eigenvalue weighted by molar-refractivity contribution is 0.0294. The molecule has 1 N–H and O–H groups in total. The zero-order valence-electron chi connectivity index (χ0n) is 9.51. The number of nitrogens with zero attached hydrogens (tertiary/aromatic N) is 2. The summed E-state index contributed by atoms with van der Waals surface area (Å²) < 4.78 is 0. The molecule has 1 aromatic heterocycles. The van der Waals surface area contributed by atoms with Crippen LogP contribution in [0.1, 0.15) is 28.8 Å². The van der Waals surface area contributed by atoms with Gasteiger partial charge in [-0.1, -0.05) is 6.92 Å². The highest BCUT2D eigenvalue weighted by Crippen LogP contribution is 2.19. The van der Waals surface area contributed by atoms with Gasteiger partial charge in [-0.2, -0.15) is 0 Å². The minimum atomic E-state index is -0.277. The summed E-state index contributed by atoms with van der Waals surface area (Å²) in [4.78, 5) is 18.0. The Labute approximate surface area is 98.9 Å². The predicted molar refractivity (Wildman–Crippen MR) is 62.5 cm³/mol. The molecule has 0 aliphatic carbocycles. The van der Waals surface area contributed by atoms with Crippen LogP contribution in [0.2, 0.25) is 0 Å². The first-order valence-corrected chi connectivity index (χ1v) is 6.35. The smallest absolute Gasteiger partial charge is 0.273 e. The maximum atomic E-state index is 12.1. The van der Waals surface area contributed by atoms with Crippen molar-refractivity contribution in [3.05, 3.63) is 16.1 Å². The lowest BCUT2D eigenvalue weighted by atomic mass is 9.96. The van der Waals surface area contributed by atoms with Crippen molar-refractivity contribution >= 4 is 17.2 Å². The maximum absolute atomic E-state index is 12.1. The van der Waals surface area contributed by atoms with Gasteiger partial charge in [-0.3, -0.25) is 4.79 Å². The van der Waals surface area contributed by atoms with Gasteiger partial charge in [-0.15, -0.1) is 11.3 Å². The molecule has 4 nitrogen and oxygen atoms in total. The first-order valence-electron chi connectivity index (χ1n) is 5.47. The largest absolute Gasteiger partial charge is 0.393 e. The summed E-state index contributed by atoms with van der Waals surface area (Å²) in [5.74, 6) is 0.139. The Bertz CT molecular complexity index is 391. The molecule has 1 aromatic rings. The maximum Gasteiger partial charge on any atom is 0.273 e. The molecule has 2 unspecified atom stereocenters. The van der Waals surface area contributed by atoms with Crippen LogP contribution in [-0.4, -0.2) is 40.1 Å². The Hall–Kier alpha value is -0.940. The highest BCUT2D eigenvalue weighted by atomic mass is 32.1. The number of carbonyl (C=O) groups is 1. The van der Waals surface area contributed by atoms with Crippen molar-refractivity contribution < 1.29 is 9.90 Å². The van der Waals surface area contributed by atoms with Crippen molar-refractivity contribution in [2.24, 2.45) is 5.92 Å². The number of likely N-dealkylation sites (tertiary alicyclic amines) is 1. The lowest BCUT2D eigenvalue weighted by Crippen LogP contribution is -2.45. The molecule has 1 aliphatic heterocycles. The van der Waals surface area contributed by atoms with Gasteiger partial charge >= 0.3 is 0 Å². The van der Waals surface area contributed by atoms with Crippen molar-refractivity contribution in [3.63, 3.8) is 0 Å². The third kappa shape index (κ3) is 2.25. The van der Waals surface area contributed by atoms with Crippen LogP contribution in [0.5, 0.6) is 0 Å². The van der Waals surface area contributed by atoms with E-state index in [9.17, 15) is 9.90 Å². The molecule has 1 saturated heterocycles. The zero-order valence-corrected chi connectivity index (χ0v) is 10.3. The van der Waals surface area contributed by atoms with E-state index in [1.807, 2.05) is 13.8 Å². The highest BCUT2D eigenvalue weighted by molar-refractivity contribution is 7.09. The Morgan fingerprint density at radius 1 is 1.69 bits per heavy atom. The van der Waals surface area contributed by atoms with Gasteiger partial charge < -0.3 is 10.0 Å². The Kier molecular flexibility index (Phi) is 3.25. The van der Waals surface area contributed by atoms with E-state index in [-0.39, 0.29) is 17.9 Å². The summed E-state index contributed by atoms with van der Waals surface area (Å²) in [5, 5.41) is 12.3. The summed E-state index contributed by atoms with van der Waals surface area (Å²) in [6.45, 7) is 5.11. The molecule has 16 heavy (non-hydrogen) atoms. The average molecular weight is 240 g/mol. The minimum Gasteiger partial charge on any atom is -0.393 e. The van der Waals surface area contributed by atoms with Crippen LogP contribution in [0.25, 0.3) is 0 Å². The van der Waals surface area contributed by atoms with Crippen LogP contribution < -0.4 is 0 Å². The first-order chi connectivity index (χ1) is 7.58. The monoisotopic (exact) mass is 240 g/mol. The van der Waals surface area contributed by atoms with Crippen LogP contribution in [-0.2, 0) is 0 Å². The number of aromatic nitrogens is 1. The van der Waals surface area contributed by atoms with Gasteiger partial charge in [0.1, 0.15) is 5.69 Å². The van der Waals surface area contributed by atoms with Gasteiger partial charge in [0.05, 0.1) is 11.1 Å². The SMILES string of the molecule is Cc1nc(C(=O)N2CCC(O)C(C)C2)cs1. The molecule has 88 valence electrons. The van der Waals surface area contributed by atoms with Crippen LogP contribution >= 0.6 is 11.3 Å². The molecule has 1 aliphatic rings. The third-order valence-corrected chi connectivity index (χ3v) is 3.76. The van der Waals surface area contributed by atoms with Crippen molar-refractivity contribution in [3.8, 4) is 0 Å². The van der Waals surface area contributed by atoms with E-state index < -0.39 is 0 Å². The number of rotatable bonds is 1. The number of carbonyl (C=O) groups excluding carboxylic acids is 1. The van der Waals surface area contributed by atoms with Crippen molar-refractivity contribution in [2.75, 3.05) is 13.1 Å². The summed E-state index contributed by atoms with van der Waals surface area (Å²) in [5.41, 5.74) is 0.533. The van der Waals surface area contributed by atoms with Gasteiger partial charge in [0, 0.05) is 18.5 Å². The van der Waals surface area contributed by atoms with Crippen LogP contribution in [0, 0.1) is 12.8 Å². The fraction of sp³-hybridized carbons (Fsp3) is 0.636. The fourth-order valence-corrected chi connectivity index (χ4v) is 2.53. The molecule has 0 spiro atoms. The number of amides is 1. The Morgan fingerprint density at radius 3 is 3.00 bits per heavy atom. The molecule has 1 fully saturated rings. The van der Waals surface area contributed by atoms with Gasteiger partial charge in [0.2, 0.25) is 0 Å². The molecule has 0 bridgehead atoms. The van der Waals surface area contributed by atoms with Crippen LogP contribution in [0.4, 0.5) is 0 Å². The second-order valence-corrected chi connectivity index (χ2v) is 5.40. The number of thiazole rings is 1. The van der Waals surface area contributed by atoms with E-state index in [0.29, 0.717) is 25.2 Å². The van der Waals surface area contributed by atoms with Crippen molar-refractivity contribution in [1.29, 1.82) is 0 Å². The standard InChI is InChI=1S/C11H16N2O2S/c1-7-5-13(4-3-10(7)14)11(15)9-6-16-8(2)12-9/h6-7,10,14H,3-5H2,1-2H3. The molecule has 2 atom stereocenters. The number of piperidine rings is 1. The summed E-state index contributed by atoms with van der Waals surface area (Å²) in [6.07, 6.45) is 0.386. The number of hydrogen-bond donors (Lipinski definition) is 1. The molecule has 0 radical (unpaired) electrons. The zero-order chi connectivity index (χ0) is 11.7. The summed E-state index contributed by atoms with van der Waals surface area (Å²) in [7, 11) is 0. The number of aliphatic hydroxyl groups is 1. The minimum absolute atomic E-state index is 0.0110. The molecule has 0 aromatic carbocycles. The molecular formula is C11H16N2O2S. The normalized spacial score (nSPS) is 25.8. The molecule has 0 saturated carbocycles. The number of aliphatic hydroxyl groups excluding tert-OH is 1. The molecule has 1 amide bonds. The third-order valence-electron chi connectivity index (χ3n) is 2.99. The van der Waals surface area contributed by atoms with E-state index in [1.165, 1.54) is 11.3 Å². The second-order valence-electron chi connectivity index (χ2n) is 4.34. The molecule has 2 heterocycles. The van der Waals surface area contributed by atoms with E-state index >= 15 is 0 Å². The average Bonchev–Trinajstić information content (AvgIpc) is 2.68. The fourth-order valence-electron chi connectivity index (χ4n) is 1.94. The first kappa shape index (κ1) is 11.5. The number of aryl methyl sites for hydroxylation is 1. The summed E-state index contributed by atoms with van der Waals surface area (Å²) >= 11 is 1.49. The van der Waals surface area contributed by atoms with Crippen molar-refractivity contribution in [2.45, 2.75) is 26.4 Å². The van der Waals surface area contributed by atoms with Gasteiger partial charge in [-0.25, -0.2) is 4.98 Å². The van der Waals surface area contributed by atoms with E-state index in [1.54, 1.807) is 10.3 Å². The Morgan fingerprint density at radius 2 is 2.44 bits per heavy atom. The van der Waals surface area contributed by atoms with E-state index in [4.69, 9.17) is 0 Å². The summed E-state index contributed by atoms with van der Waals surface area (Å²) in [6, 6.07) is 0. The number of hydrogen-bond acceptors (Lipinski definition) is 4. The topological polar surface area (TPSA) is 53.4 Å². The second kappa shape index (κ2) is 4.51.